The second-order valence-electron chi connectivity index (χ2n) is 6.91. The summed E-state index contributed by atoms with van der Waals surface area (Å²) in [7, 11) is 0. The van der Waals surface area contributed by atoms with Gasteiger partial charge in [-0.3, -0.25) is 4.79 Å². The van der Waals surface area contributed by atoms with Gasteiger partial charge in [-0.15, -0.1) is 10.2 Å². The molecule has 1 fully saturated rings. The summed E-state index contributed by atoms with van der Waals surface area (Å²) in [4.78, 5) is 14.3. The number of nitrogens with zero attached hydrogens (tertiary/aromatic N) is 3. The number of benzene rings is 2. The fourth-order valence-corrected chi connectivity index (χ4v) is 3.45. The maximum Gasteiger partial charge on any atom is 0.256 e. The van der Waals surface area contributed by atoms with Crippen molar-refractivity contribution in [2.24, 2.45) is 0 Å². The molecule has 5 nitrogen and oxygen atoms in total. The molecule has 144 valence electrons. The first kappa shape index (κ1) is 18.3. The second kappa shape index (κ2) is 7.88. The smallest absolute Gasteiger partial charge is 0.256 e. The van der Waals surface area contributed by atoms with Gasteiger partial charge in [0.1, 0.15) is 11.6 Å². The molecule has 3 aromatic rings. The van der Waals surface area contributed by atoms with E-state index in [0.717, 1.165) is 18.4 Å². The van der Waals surface area contributed by atoms with E-state index in [1.165, 1.54) is 24.3 Å². The summed E-state index contributed by atoms with van der Waals surface area (Å²) in [6.45, 7) is 0.978. The molecule has 1 aromatic heterocycles. The quantitative estimate of drug-likeness (QED) is 0.684. The highest BCUT2D eigenvalue weighted by atomic mass is 19.1. The summed E-state index contributed by atoms with van der Waals surface area (Å²) >= 11 is 0. The lowest BCUT2D eigenvalue weighted by Gasteiger charge is -2.31. The normalized spacial score (nSPS) is 16.9. The zero-order chi connectivity index (χ0) is 19.5. The Morgan fingerprint density at radius 2 is 1.89 bits per heavy atom. The van der Waals surface area contributed by atoms with E-state index in [-0.39, 0.29) is 23.2 Å². The number of amides is 1. The maximum absolute atomic E-state index is 13.9. The molecule has 4 rings (SSSR count). The average Bonchev–Trinajstić information content (AvgIpc) is 3.18. The Bertz CT molecular complexity index is 972. The van der Waals surface area contributed by atoms with Crippen molar-refractivity contribution in [3.63, 3.8) is 0 Å². The fraction of sp³-hybridized carbons (Fsp3) is 0.286. The molecule has 2 aromatic carbocycles. The molecule has 0 N–H and O–H groups in total. The van der Waals surface area contributed by atoms with Gasteiger partial charge in [0.05, 0.1) is 17.9 Å². The second-order valence-corrected chi connectivity index (χ2v) is 6.91. The van der Waals surface area contributed by atoms with Crippen LogP contribution in [-0.2, 0) is 6.42 Å². The van der Waals surface area contributed by atoms with Crippen molar-refractivity contribution in [2.75, 3.05) is 13.1 Å². The lowest BCUT2D eigenvalue weighted by Crippen LogP contribution is -2.39. The van der Waals surface area contributed by atoms with Crippen molar-refractivity contribution in [3.05, 3.63) is 83.1 Å². The Morgan fingerprint density at radius 1 is 1.11 bits per heavy atom. The average molecular weight is 383 g/mol. The van der Waals surface area contributed by atoms with E-state index in [1.807, 2.05) is 0 Å². The molecule has 1 unspecified atom stereocenters. The van der Waals surface area contributed by atoms with Crippen LogP contribution in [-0.4, -0.2) is 34.1 Å². The third-order valence-electron chi connectivity index (χ3n) is 4.91. The highest BCUT2D eigenvalue weighted by Gasteiger charge is 2.29. The van der Waals surface area contributed by atoms with Gasteiger partial charge in [0, 0.05) is 13.1 Å². The van der Waals surface area contributed by atoms with Crippen LogP contribution in [0.5, 0.6) is 0 Å². The first-order valence-corrected chi connectivity index (χ1v) is 9.20. The third kappa shape index (κ3) is 3.93. The summed E-state index contributed by atoms with van der Waals surface area (Å²) in [6.07, 6.45) is 2.01. The van der Waals surface area contributed by atoms with E-state index in [0.29, 0.717) is 31.3 Å². The molecule has 1 aliphatic heterocycles. The molecule has 0 saturated carbocycles. The van der Waals surface area contributed by atoms with Crippen molar-refractivity contribution >= 4 is 5.91 Å². The summed E-state index contributed by atoms with van der Waals surface area (Å²) in [5, 5.41) is 8.21. The van der Waals surface area contributed by atoms with E-state index in [2.05, 4.69) is 10.2 Å². The first-order chi connectivity index (χ1) is 13.6. The Labute approximate surface area is 161 Å². The predicted molar refractivity (Wildman–Crippen MR) is 97.8 cm³/mol. The molecule has 1 amide bonds. The van der Waals surface area contributed by atoms with E-state index in [9.17, 15) is 13.6 Å². The topological polar surface area (TPSA) is 59.2 Å². The van der Waals surface area contributed by atoms with E-state index < -0.39 is 5.82 Å². The van der Waals surface area contributed by atoms with Gasteiger partial charge in [0.15, 0.2) is 0 Å². The number of carbonyl (C=O) groups is 1. The van der Waals surface area contributed by atoms with Crippen molar-refractivity contribution in [1.29, 1.82) is 0 Å². The minimum atomic E-state index is -0.519. The Morgan fingerprint density at radius 3 is 2.68 bits per heavy atom. The predicted octanol–water partition coefficient (Wildman–Crippen LogP) is 3.96. The molecule has 7 heteroatoms. The SMILES string of the molecule is O=C(c1ccccc1F)N1CCCC(c2nnc(Cc3ccc(F)cc3)o2)C1. The highest BCUT2D eigenvalue weighted by Crippen LogP contribution is 2.27. The molecule has 0 radical (unpaired) electrons. The van der Waals surface area contributed by atoms with E-state index >= 15 is 0 Å². The molecule has 28 heavy (non-hydrogen) atoms. The molecular weight excluding hydrogens is 364 g/mol. The van der Waals surface area contributed by atoms with Gasteiger partial charge >= 0.3 is 0 Å². The lowest BCUT2D eigenvalue weighted by molar-refractivity contribution is 0.0693. The summed E-state index contributed by atoms with van der Waals surface area (Å²) in [6, 6.07) is 12.1. The number of rotatable bonds is 4. The van der Waals surface area contributed by atoms with Crippen LogP contribution in [0.1, 0.15) is 46.5 Å². The summed E-state index contributed by atoms with van der Waals surface area (Å²) in [5.41, 5.74) is 0.947. The standard InChI is InChI=1S/C21H19F2N3O2/c22-16-9-7-14(8-10-16)12-19-24-25-20(28-19)15-4-3-11-26(13-15)21(27)17-5-1-2-6-18(17)23/h1-2,5-10,15H,3-4,11-13H2. The summed E-state index contributed by atoms with van der Waals surface area (Å²) in [5.74, 6) is -0.305. The van der Waals surface area contributed by atoms with Crippen LogP contribution in [0.4, 0.5) is 8.78 Å². The monoisotopic (exact) mass is 383 g/mol. The van der Waals surface area contributed by atoms with Gasteiger partial charge in [-0.1, -0.05) is 24.3 Å². The van der Waals surface area contributed by atoms with Crippen LogP contribution in [0, 0.1) is 11.6 Å². The number of carbonyl (C=O) groups excluding carboxylic acids is 1. The van der Waals surface area contributed by atoms with Crippen LogP contribution < -0.4 is 0 Å². The van der Waals surface area contributed by atoms with E-state index in [4.69, 9.17) is 4.42 Å². The Kier molecular flexibility index (Phi) is 5.14. The number of aromatic nitrogens is 2. The maximum atomic E-state index is 13.9. The van der Waals surface area contributed by atoms with Gasteiger partial charge in [-0.2, -0.15) is 0 Å². The van der Waals surface area contributed by atoms with Crippen LogP contribution in [0.15, 0.2) is 52.9 Å². The van der Waals surface area contributed by atoms with Crippen molar-refractivity contribution < 1.29 is 18.0 Å². The lowest BCUT2D eigenvalue weighted by atomic mass is 9.97. The van der Waals surface area contributed by atoms with Crippen molar-refractivity contribution in [1.82, 2.24) is 15.1 Å². The molecule has 2 heterocycles. The Balaban J connectivity index is 1.45. The number of halogens is 2. The molecule has 1 atom stereocenters. The van der Waals surface area contributed by atoms with Gasteiger partial charge < -0.3 is 9.32 Å². The minimum Gasteiger partial charge on any atom is -0.425 e. The van der Waals surface area contributed by atoms with Crippen LogP contribution in [0.25, 0.3) is 0 Å². The third-order valence-corrected chi connectivity index (χ3v) is 4.91. The number of hydrogen-bond donors (Lipinski definition) is 0. The number of likely N-dealkylation sites (tertiary alicyclic amines) is 1. The van der Waals surface area contributed by atoms with Crippen molar-refractivity contribution in [2.45, 2.75) is 25.2 Å². The molecule has 1 saturated heterocycles. The Hall–Kier alpha value is -3.09. The van der Waals surface area contributed by atoms with E-state index in [1.54, 1.807) is 29.2 Å². The van der Waals surface area contributed by atoms with Crippen LogP contribution in [0.2, 0.25) is 0 Å². The molecule has 1 aliphatic rings. The van der Waals surface area contributed by atoms with Gasteiger partial charge in [0.25, 0.3) is 5.91 Å². The fourth-order valence-electron chi connectivity index (χ4n) is 3.45. The zero-order valence-corrected chi connectivity index (χ0v) is 15.1. The molecule has 0 bridgehead atoms. The molecule has 0 spiro atoms. The molecule has 0 aliphatic carbocycles. The van der Waals surface area contributed by atoms with Crippen molar-refractivity contribution in [3.8, 4) is 0 Å². The van der Waals surface area contributed by atoms with Gasteiger partial charge in [-0.25, -0.2) is 8.78 Å². The summed E-state index contributed by atoms with van der Waals surface area (Å²) < 4.78 is 32.7. The molecular formula is C21H19F2N3O2. The van der Waals surface area contributed by atoms with Gasteiger partial charge in [0.2, 0.25) is 11.8 Å². The first-order valence-electron chi connectivity index (χ1n) is 9.20. The minimum absolute atomic E-state index is 0.0747. The number of piperidine rings is 1. The number of hydrogen-bond acceptors (Lipinski definition) is 4. The van der Waals surface area contributed by atoms with Gasteiger partial charge in [-0.05, 0) is 42.7 Å². The van der Waals surface area contributed by atoms with Crippen LogP contribution >= 0.6 is 0 Å². The largest absolute Gasteiger partial charge is 0.425 e. The van der Waals surface area contributed by atoms with Crippen LogP contribution in [0.3, 0.4) is 0 Å². The highest BCUT2D eigenvalue weighted by molar-refractivity contribution is 5.94. The zero-order valence-electron chi connectivity index (χ0n) is 15.1.